The van der Waals surface area contributed by atoms with E-state index in [4.69, 9.17) is 23.2 Å². The molecular weight excluding hydrogens is 307 g/mol. The van der Waals surface area contributed by atoms with Gasteiger partial charge >= 0.3 is 0 Å². The van der Waals surface area contributed by atoms with Crippen molar-refractivity contribution in [2.75, 3.05) is 42.9 Å². The van der Waals surface area contributed by atoms with Gasteiger partial charge < -0.3 is 10.2 Å². The van der Waals surface area contributed by atoms with E-state index in [1.165, 1.54) is 6.42 Å². The molecule has 2 rings (SSSR count). The van der Waals surface area contributed by atoms with E-state index in [1.54, 1.807) is 6.07 Å². The Balaban J connectivity index is 2.11. The number of aromatic nitrogens is 1. The highest BCUT2D eigenvalue weighted by Gasteiger charge is 2.23. The molecule has 0 radical (unpaired) electrons. The van der Waals surface area contributed by atoms with Crippen LogP contribution in [-0.4, -0.2) is 48.6 Å². The van der Waals surface area contributed by atoms with Crippen molar-refractivity contribution in [1.82, 2.24) is 9.88 Å². The average Bonchev–Trinajstić information content (AvgIpc) is 2.49. The van der Waals surface area contributed by atoms with Crippen molar-refractivity contribution in [2.24, 2.45) is 0 Å². The molecule has 21 heavy (non-hydrogen) atoms. The van der Waals surface area contributed by atoms with Crippen LogP contribution in [0, 0.1) is 0 Å². The van der Waals surface area contributed by atoms with Gasteiger partial charge in [0.1, 0.15) is 11.6 Å². The number of pyridine rings is 1. The van der Waals surface area contributed by atoms with Gasteiger partial charge in [0, 0.05) is 38.8 Å². The second kappa shape index (κ2) is 7.52. The lowest BCUT2D eigenvalue weighted by Crippen LogP contribution is -2.49. The van der Waals surface area contributed by atoms with Crippen LogP contribution < -0.4 is 10.2 Å². The molecule has 1 unspecified atom stereocenters. The third-order valence-electron chi connectivity index (χ3n) is 4.08. The summed E-state index contributed by atoms with van der Waals surface area (Å²) >= 11 is 12.5. The number of nitrogens with one attached hydrogen (secondary N) is 1. The normalized spacial score (nSPS) is 17.9. The molecule has 0 bridgehead atoms. The standard InChI is InChI=1S/C15H24Cl2N4/c1-4-11(3)20-6-8-21(9-7-20)15-13(17)10-12(16)14(19-15)18-5-2/h10-11H,4-9H2,1-3H3,(H,18,19). The van der Waals surface area contributed by atoms with Crippen molar-refractivity contribution >= 4 is 34.8 Å². The summed E-state index contributed by atoms with van der Waals surface area (Å²) in [5.41, 5.74) is 0. The van der Waals surface area contributed by atoms with Crippen LogP contribution in [0.4, 0.5) is 11.6 Å². The van der Waals surface area contributed by atoms with Crippen LogP contribution in [-0.2, 0) is 0 Å². The van der Waals surface area contributed by atoms with Gasteiger partial charge in [-0.2, -0.15) is 0 Å². The van der Waals surface area contributed by atoms with E-state index in [9.17, 15) is 0 Å². The molecule has 1 atom stereocenters. The zero-order valence-corrected chi connectivity index (χ0v) is 14.5. The van der Waals surface area contributed by atoms with E-state index < -0.39 is 0 Å². The summed E-state index contributed by atoms with van der Waals surface area (Å²) in [6.07, 6.45) is 1.19. The number of rotatable bonds is 5. The SMILES string of the molecule is CCNc1nc(N2CCN(C(C)CC)CC2)c(Cl)cc1Cl. The minimum Gasteiger partial charge on any atom is -0.369 e. The Bertz CT molecular complexity index is 473. The topological polar surface area (TPSA) is 31.4 Å². The lowest BCUT2D eigenvalue weighted by Gasteiger charge is -2.38. The maximum atomic E-state index is 6.33. The fraction of sp³-hybridized carbons (Fsp3) is 0.667. The Kier molecular flexibility index (Phi) is 5.97. The van der Waals surface area contributed by atoms with Crippen molar-refractivity contribution in [1.29, 1.82) is 0 Å². The van der Waals surface area contributed by atoms with E-state index in [1.807, 2.05) is 6.92 Å². The summed E-state index contributed by atoms with van der Waals surface area (Å²) in [6.45, 7) is 11.3. The lowest BCUT2D eigenvalue weighted by molar-refractivity contribution is 0.192. The maximum absolute atomic E-state index is 6.33. The van der Waals surface area contributed by atoms with Gasteiger partial charge in [0.05, 0.1) is 10.0 Å². The second-order valence-electron chi connectivity index (χ2n) is 5.43. The first-order valence-corrected chi connectivity index (χ1v) is 8.41. The highest BCUT2D eigenvalue weighted by molar-refractivity contribution is 6.37. The van der Waals surface area contributed by atoms with Gasteiger partial charge in [-0.25, -0.2) is 4.98 Å². The number of piperazine rings is 1. The number of anilines is 2. The molecule has 1 N–H and O–H groups in total. The van der Waals surface area contributed by atoms with Crippen LogP contribution in [0.2, 0.25) is 10.0 Å². The summed E-state index contributed by atoms with van der Waals surface area (Å²) in [5.74, 6) is 1.55. The quantitative estimate of drug-likeness (QED) is 0.891. The summed E-state index contributed by atoms with van der Waals surface area (Å²) in [7, 11) is 0. The summed E-state index contributed by atoms with van der Waals surface area (Å²) < 4.78 is 0. The van der Waals surface area contributed by atoms with E-state index in [0.717, 1.165) is 38.5 Å². The van der Waals surface area contributed by atoms with E-state index >= 15 is 0 Å². The molecule has 4 nitrogen and oxygen atoms in total. The minimum absolute atomic E-state index is 0.573. The van der Waals surface area contributed by atoms with Crippen molar-refractivity contribution in [2.45, 2.75) is 33.2 Å². The van der Waals surface area contributed by atoms with Gasteiger partial charge in [-0.05, 0) is 26.3 Å². The molecule has 0 aromatic carbocycles. The zero-order chi connectivity index (χ0) is 15.4. The maximum Gasteiger partial charge on any atom is 0.150 e. The molecule has 1 saturated heterocycles. The highest BCUT2D eigenvalue weighted by Crippen LogP contribution is 2.32. The monoisotopic (exact) mass is 330 g/mol. The molecule has 0 aliphatic carbocycles. The average molecular weight is 331 g/mol. The highest BCUT2D eigenvalue weighted by atomic mass is 35.5. The smallest absolute Gasteiger partial charge is 0.150 e. The van der Waals surface area contributed by atoms with Crippen LogP contribution in [0.25, 0.3) is 0 Å². The lowest BCUT2D eigenvalue weighted by atomic mass is 10.2. The molecule has 1 aromatic rings. The molecule has 0 saturated carbocycles. The van der Waals surface area contributed by atoms with Crippen molar-refractivity contribution in [3.05, 3.63) is 16.1 Å². The molecule has 118 valence electrons. The molecular formula is C15H24Cl2N4. The van der Waals surface area contributed by atoms with Gasteiger partial charge in [-0.3, -0.25) is 4.90 Å². The van der Waals surface area contributed by atoms with Gasteiger partial charge in [0.2, 0.25) is 0 Å². The van der Waals surface area contributed by atoms with Gasteiger partial charge in [0.15, 0.2) is 0 Å². The van der Waals surface area contributed by atoms with Crippen LogP contribution in [0.15, 0.2) is 6.07 Å². The number of halogens is 2. The molecule has 2 heterocycles. The van der Waals surface area contributed by atoms with Crippen molar-refractivity contribution in [3.63, 3.8) is 0 Å². The van der Waals surface area contributed by atoms with Crippen LogP contribution in [0.1, 0.15) is 27.2 Å². The Morgan fingerprint density at radius 2 is 1.86 bits per heavy atom. The van der Waals surface area contributed by atoms with E-state index in [-0.39, 0.29) is 0 Å². The number of hydrogen-bond acceptors (Lipinski definition) is 4. The fourth-order valence-electron chi connectivity index (χ4n) is 2.60. The number of nitrogens with zero attached hydrogens (tertiary/aromatic N) is 3. The molecule has 1 aliphatic rings. The molecule has 1 fully saturated rings. The minimum atomic E-state index is 0.573. The predicted octanol–water partition coefficient (Wildman–Crippen LogP) is 3.74. The summed E-state index contributed by atoms with van der Waals surface area (Å²) in [6, 6.07) is 2.42. The number of hydrogen-bond donors (Lipinski definition) is 1. The van der Waals surface area contributed by atoms with Gasteiger partial charge in [0.25, 0.3) is 0 Å². The van der Waals surface area contributed by atoms with Crippen LogP contribution in [0.3, 0.4) is 0 Å². The largest absolute Gasteiger partial charge is 0.369 e. The molecule has 0 amide bonds. The zero-order valence-electron chi connectivity index (χ0n) is 13.0. The Hall–Kier alpha value is -0.710. The van der Waals surface area contributed by atoms with Crippen LogP contribution in [0.5, 0.6) is 0 Å². The second-order valence-corrected chi connectivity index (χ2v) is 6.25. The van der Waals surface area contributed by atoms with Crippen molar-refractivity contribution < 1.29 is 0 Å². The molecule has 1 aliphatic heterocycles. The molecule has 1 aromatic heterocycles. The first-order valence-electron chi connectivity index (χ1n) is 7.65. The van der Waals surface area contributed by atoms with Crippen molar-refractivity contribution in [3.8, 4) is 0 Å². The Morgan fingerprint density at radius 1 is 1.19 bits per heavy atom. The van der Waals surface area contributed by atoms with Crippen LogP contribution >= 0.6 is 23.2 Å². The van der Waals surface area contributed by atoms with E-state index in [2.05, 4.69) is 33.9 Å². The summed E-state index contributed by atoms with van der Waals surface area (Å²) in [5, 5.41) is 4.38. The summed E-state index contributed by atoms with van der Waals surface area (Å²) in [4.78, 5) is 9.38. The fourth-order valence-corrected chi connectivity index (χ4v) is 3.15. The predicted molar refractivity (Wildman–Crippen MR) is 92.0 cm³/mol. The Morgan fingerprint density at radius 3 is 2.43 bits per heavy atom. The first kappa shape index (κ1) is 16.7. The first-order chi connectivity index (χ1) is 10.1. The third kappa shape index (κ3) is 3.93. The molecule has 6 heteroatoms. The van der Waals surface area contributed by atoms with Gasteiger partial charge in [-0.15, -0.1) is 0 Å². The van der Waals surface area contributed by atoms with Gasteiger partial charge in [-0.1, -0.05) is 30.1 Å². The Labute approximate surface area is 137 Å². The third-order valence-corrected chi connectivity index (χ3v) is 4.65. The van der Waals surface area contributed by atoms with E-state index in [0.29, 0.717) is 21.9 Å². The molecule has 0 spiro atoms.